The van der Waals surface area contributed by atoms with Crippen LogP contribution in [0.4, 0.5) is 8.78 Å². The number of hydrogen-bond donors (Lipinski definition) is 1. The van der Waals surface area contributed by atoms with Gasteiger partial charge in [0.15, 0.2) is 0 Å². The van der Waals surface area contributed by atoms with Crippen LogP contribution in [0.3, 0.4) is 0 Å². The van der Waals surface area contributed by atoms with E-state index in [9.17, 15) is 8.78 Å². The molecule has 86 valence electrons. The van der Waals surface area contributed by atoms with Gasteiger partial charge in [0, 0.05) is 6.07 Å². The minimum atomic E-state index is -0.660. The van der Waals surface area contributed by atoms with Crippen molar-refractivity contribution in [3.63, 3.8) is 0 Å². The van der Waals surface area contributed by atoms with E-state index in [0.717, 1.165) is 6.07 Å². The number of halogens is 2. The SMILES string of the molecule is COc1ncnc2c1[nH]c1cc(F)cc(F)c12. The van der Waals surface area contributed by atoms with Crippen LogP contribution in [0.2, 0.25) is 0 Å². The van der Waals surface area contributed by atoms with Crippen molar-refractivity contribution in [2.24, 2.45) is 0 Å². The molecule has 0 radical (unpaired) electrons. The molecule has 0 saturated carbocycles. The quantitative estimate of drug-likeness (QED) is 0.704. The summed E-state index contributed by atoms with van der Waals surface area (Å²) in [4.78, 5) is 10.7. The molecule has 1 aromatic carbocycles. The second-order valence-corrected chi connectivity index (χ2v) is 3.54. The van der Waals surface area contributed by atoms with Gasteiger partial charge in [-0.25, -0.2) is 13.8 Å². The van der Waals surface area contributed by atoms with Crippen LogP contribution in [0.1, 0.15) is 0 Å². The van der Waals surface area contributed by atoms with Gasteiger partial charge in [-0.15, -0.1) is 0 Å². The minimum Gasteiger partial charge on any atom is -0.479 e. The lowest BCUT2D eigenvalue weighted by atomic mass is 10.2. The summed E-state index contributed by atoms with van der Waals surface area (Å²) in [6.45, 7) is 0. The smallest absolute Gasteiger partial charge is 0.241 e. The standard InChI is InChI=1S/C11H7F2N3O/c1-17-11-10-9(14-4-15-11)8-6(13)2-5(12)3-7(8)16-10/h2-4,16H,1H3. The molecule has 0 saturated heterocycles. The van der Waals surface area contributed by atoms with Crippen LogP contribution in [0.25, 0.3) is 21.9 Å². The largest absolute Gasteiger partial charge is 0.479 e. The zero-order valence-electron chi connectivity index (χ0n) is 8.79. The van der Waals surface area contributed by atoms with Crippen molar-refractivity contribution in [1.29, 1.82) is 0 Å². The van der Waals surface area contributed by atoms with Crippen molar-refractivity contribution < 1.29 is 13.5 Å². The maximum Gasteiger partial charge on any atom is 0.241 e. The molecule has 0 spiro atoms. The summed E-state index contributed by atoms with van der Waals surface area (Å²) in [6.07, 6.45) is 1.28. The Morgan fingerprint density at radius 1 is 1.24 bits per heavy atom. The van der Waals surface area contributed by atoms with Gasteiger partial charge in [-0.3, -0.25) is 0 Å². The first-order chi connectivity index (χ1) is 8.20. The molecular weight excluding hydrogens is 228 g/mol. The van der Waals surface area contributed by atoms with E-state index in [2.05, 4.69) is 15.0 Å². The van der Waals surface area contributed by atoms with Crippen molar-refractivity contribution in [2.75, 3.05) is 7.11 Å². The van der Waals surface area contributed by atoms with E-state index in [1.807, 2.05) is 0 Å². The number of benzene rings is 1. The number of hydrogen-bond acceptors (Lipinski definition) is 3. The Hall–Kier alpha value is -2.24. The van der Waals surface area contributed by atoms with Crippen LogP contribution in [-0.2, 0) is 0 Å². The summed E-state index contributed by atoms with van der Waals surface area (Å²) in [5.74, 6) is -1.01. The molecule has 0 bridgehead atoms. The molecule has 0 amide bonds. The van der Waals surface area contributed by atoms with Crippen molar-refractivity contribution >= 4 is 21.9 Å². The Morgan fingerprint density at radius 3 is 2.82 bits per heavy atom. The monoisotopic (exact) mass is 235 g/mol. The van der Waals surface area contributed by atoms with Gasteiger partial charge in [0.05, 0.1) is 18.0 Å². The molecule has 3 aromatic rings. The van der Waals surface area contributed by atoms with Crippen LogP contribution in [-0.4, -0.2) is 22.1 Å². The molecule has 0 atom stereocenters. The first kappa shape index (κ1) is 9.95. The number of ether oxygens (including phenoxy) is 1. The van der Waals surface area contributed by atoms with Crippen molar-refractivity contribution in [3.05, 3.63) is 30.1 Å². The lowest BCUT2D eigenvalue weighted by molar-refractivity contribution is 0.402. The van der Waals surface area contributed by atoms with Crippen molar-refractivity contribution in [3.8, 4) is 5.88 Å². The topological polar surface area (TPSA) is 50.8 Å². The van der Waals surface area contributed by atoms with Crippen LogP contribution < -0.4 is 4.74 Å². The van der Waals surface area contributed by atoms with Gasteiger partial charge in [-0.1, -0.05) is 0 Å². The number of aromatic nitrogens is 3. The van der Waals surface area contributed by atoms with Crippen molar-refractivity contribution in [2.45, 2.75) is 0 Å². The highest BCUT2D eigenvalue weighted by Gasteiger charge is 2.15. The van der Waals surface area contributed by atoms with E-state index < -0.39 is 11.6 Å². The third-order valence-electron chi connectivity index (χ3n) is 2.56. The van der Waals surface area contributed by atoms with Crippen LogP contribution in [0.15, 0.2) is 18.5 Å². The van der Waals surface area contributed by atoms with Crippen LogP contribution in [0.5, 0.6) is 5.88 Å². The van der Waals surface area contributed by atoms with Gasteiger partial charge < -0.3 is 9.72 Å². The number of H-pyrrole nitrogens is 1. The fraction of sp³-hybridized carbons (Fsp3) is 0.0909. The van der Waals surface area contributed by atoms with E-state index in [1.54, 1.807) is 0 Å². The molecule has 4 nitrogen and oxygen atoms in total. The van der Waals surface area contributed by atoms with E-state index >= 15 is 0 Å². The molecule has 0 fully saturated rings. The molecule has 0 aliphatic heterocycles. The lowest BCUT2D eigenvalue weighted by Gasteiger charge is -1.97. The van der Waals surface area contributed by atoms with Crippen LogP contribution in [0, 0.1) is 11.6 Å². The maximum atomic E-state index is 13.7. The summed E-state index contributed by atoms with van der Waals surface area (Å²) in [5.41, 5.74) is 1.16. The fourth-order valence-electron chi connectivity index (χ4n) is 1.87. The lowest BCUT2D eigenvalue weighted by Crippen LogP contribution is -1.89. The zero-order valence-corrected chi connectivity index (χ0v) is 8.79. The van der Waals surface area contributed by atoms with Gasteiger partial charge in [0.2, 0.25) is 5.88 Å². The number of rotatable bonds is 1. The molecule has 0 unspecified atom stereocenters. The average molecular weight is 235 g/mol. The van der Waals surface area contributed by atoms with Gasteiger partial charge >= 0.3 is 0 Å². The van der Waals surface area contributed by atoms with E-state index in [4.69, 9.17) is 4.74 Å². The summed E-state index contributed by atoms with van der Waals surface area (Å²) >= 11 is 0. The molecule has 0 aliphatic rings. The molecule has 0 aliphatic carbocycles. The third-order valence-corrected chi connectivity index (χ3v) is 2.56. The number of nitrogens with zero attached hydrogens (tertiary/aromatic N) is 2. The average Bonchev–Trinajstić information content (AvgIpc) is 2.66. The molecule has 17 heavy (non-hydrogen) atoms. The number of methoxy groups -OCH3 is 1. The van der Waals surface area contributed by atoms with Gasteiger partial charge in [0.25, 0.3) is 0 Å². The Morgan fingerprint density at radius 2 is 2.06 bits per heavy atom. The molecular formula is C11H7F2N3O. The first-order valence-electron chi connectivity index (χ1n) is 4.86. The normalized spacial score (nSPS) is 11.2. The van der Waals surface area contributed by atoms with Crippen molar-refractivity contribution in [1.82, 2.24) is 15.0 Å². The maximum absolute atomic E-state index is 13.7. The predicted octanol–water partition coefficient (Wildman–Crippen LogP) is 2.40. The predicted molar refractivity (Wildman–Crippen MR) is 57.9 cm³/mol. The zero-order chi connectivity index (χ0) is 12.0. The van der Waals surface area contributed by atoms with Gasteiger partial charge in [0.1, 0.15) is 29.0 Å². The molecule has 6 heteroatoms. The third kappa shape index (κ3) is 1.33. The summed E-state index contributed by atoms with van der Waals surface area (Å²) in [6, 6.07) is 2.03. The van der Waals surface area contributed by atoms with E-state index in [0.29, 0.717) is 22.4 Å². The highest BCUT2D eigenvalue weighted by molar-refractivity contribution is 6.06. The second kappa shape index (κ2) is 3.38. The summed E-state index contributed by atoms with van der Waals surface area (Å²) in [5, 5.41) is 0.238. The number of aromatic amines is 1. The van der Waals surface area contributed by atoms with E-state index in [-0.39, 0.29) is 5.39 Å². The van der Waals surface area contributed by atoms with Gasteiger partial charge in [-0.2, -0.15) is 4.98 Å². The Kier molecular flexibility index (Phi) is 1.98. The fourth-order valence-corrected chi connectivity index (χ4v) is 1.87. The highest BCUT2D eigenvalue weighted by Crippen LogP contribution is 2.30. The second-order valence-electron chi connectivity index (χ2n) is 3.54. The first-order valence-corrected chi connectivity index (χ1v) is 4.86. The molecule has 3 rings (SSSR count). The van der Waals surface area contributed by atoms with Gasteiger partial charge in [-0.05, 0) is 6.07 Å². The Balaban J connectivity index is 2.54. The van der Waals surface area contributed by atoms with Crippen LogP contribution >= 0.6 is 0 Å². The number of nitrogens with one attached hydrogen (secondary N) is 1. The molecule has 1 N–H and O–H groups in total. The summed E-state index contributed by atoms with van der Waals surface area (Å²) < 4.78 is 31.8. The summed E-state index contributed by atoms with van der Waals surface area (Å²) in [7, 11) is 1.45. The minimum absolute atomic E-state index is 0.238. The van der Waals surface area contributed by atoms with E-state index in [1.165, 1.54) is 19.5 Å². The number of fused-ring (bicyclic) bond motifs is 3. The molecule has 2 heterocycles. The highest BCUT2D eigenvalue weighted by atomic mass is 19.1. The molecule has 2 aromatic heterocycles. The Bertz CT molecular complexity index is 723. The Labute approximate surface area is 94.3 Å².